The maximum atomic E-state index is 13.8. The predicted molar refractivity (Wildman–Crippen MR) is 217 cm³/mol. The van der Waals surface area contributed by atoms with Crippen LogP contribution < -0.4 is 0 Å². The fourth-order valence-electron chi connectivity index (χ4n) is 6.96. The average molecular weight is 868 g/mol. The molecule has 0 aliphatic carbocycles. The van der Waals surface area contributed by atoms with Crippen LogP contribution in [0.2, 0.25) is 0 Å². The molecule has 0 aromatic heterocycles. The van der Waals surface area contributed by atoms with E-state index < -0.39 is 97.8 Å². The number of rotatable bonds is 17. The Morgan fingerprint density at radius 1 is 0.556 bits per heavy atom. The van der Waals surface area contributed by atoms with Gasteiger partial charge in [0.25, 0.3) is 0 Å². The van der Waals surface area contributed by atoms with Crippen LogP contribution in [-0.2, 0) is 63.6 Å². The first kappa shape index (κ1) is 45.9. The second kappa shape index (κ2) is 22.4. The Balaban J connectivity index is 1.35. The Bertz CT molecular complexity index is 2190. The standard InChI is InChI=1S/C45H45N3O15/c1-27(49)57-36-33(25-55-24-29-16-8-4-9-17-29)59-44(35(47-48-46)38(36)58-28(2)50)56-26-34-37(61-41(51)30-18-10-5-11-19-30)39(62-42(52)31-20-12-6-13-21-31)40(45(54-3)60-34)63-43(53)32-22-14-7-15-23-32/h4-23,33-40,44-45H,24-26H2,1-3H3/t33-,34-,35-,36+,37-,38-,39+,40-,44+,45+/m1/s1. The molecule has 10 atom stereocenters. The topological polar surface area (TPSA) is 226 Å². The minimum Gasteiger partial charge on any atom is -0.458 e. The van der Waals surface area contributed by atoms with Gasteiger partial charge in [-0.3, -0.25) is 9.59 Å². The summed E-state index contributed by atoms with van der Waals surface area (Å²) in [6, 6.07) is 31.6. The fraction of sp³-hybridized carbons (Fsp3) is 0.356. The first-order valence-electron chi connectivity index (χ1n) is 19.8. The molecule has 0 bridgehead atoms. The van der Waals surface area contributed by atoms with Crippen LogP contribution in [0.25, 0.3) is 10.4 Å². The highest BCUT2D eigenvalue weighted by atomic mass is 16.7. The van der Waals surface area contributed by atoms with E-state index in [1.165, 1.54) is 43.5 Å². The number of hydrogen-bond donors (Lipinski definition) is 0. The summed E-state index contributed by atoms with van der Waals surface area (Å²) in [6.45, 7) is 1.60. The summed E-state index contributed by atoms with van der Waals surface area (Å²) >= 11 is 0. The van der Waals surface area contributed by atoms with Gasteiger partial charge in [0, 0.05) is 25.9 Å². The monoisotopic (exact) mass is 867 g/mol. The Morgan fingerprint density at radius 3 is 1.48 bits per heavy atom. The van der Waals surface area contributed by atoms with Gasteiger partial charge in [0.05, 0.1) is 36.5 Å². The zero-order chi connectivity index (χ0) is 44.7. The molecule has 0 unspecified atom stereocenters. The predicted octanol–water partition coefficient (Wildman–Crippen LogP) is 5.54. The highest BCUT2D eigenvalue weighted by Gasteiger charge is 2.55. The highest BCUT2D eigenvalue weighted by Crippen LogP contribution is 2.34. The number of azide groups is 1. The maximum Gasteiger partial charge on any atom is 0.338 e. The van der Waals surface area contributed by atoms with Crippen LogP contribution in [0.4, 0.5) is 0 Å². The van der Waals surface area contributed by atoms with Crippen LogP contribution in [0, 0.1) is 0 Å². The second-order valence-corrected chi connectivity index (χ2v) is 14.2. The number of benzene rings is 4. The summed E-state index contributed by atoms with van der Waals surface area (Å²) < 4.78 is 59.8. The van der Waals surface area contributed by atoms with Gasteiger partial charge in [0.2, 0.25) is 0 Å². The van der Waals surface area contributed by atoms with Gasteiger partial charge in [-0.15, -0.1) is 0 Å². The Labute approximate surface area is 361 Å². The van der Waals surface area contributed by atoms with Crippen molar-refractivity contribution in [3.8, 4) is 0 Å². The lowest BCUT2D eigenvalue weighted by Crippen LogP contribution is -2.64. The van der Waals surface area contributed by atoms with Gasteiger partial charge in [-0.1, -0.05) is 90.0 Å². The van der Waals surface area contributed by atoms with Crippen LogP contribution in [0.3, 0.4) is 0 Å². The average Bonchev–Trinajstić information content (AvgIpc) is 3.29. The molecule has 6 rings (SSSR count). The first-order chi connectivity index (χ1) is 30.6. The van der Waals surface area contributed by atoms with Crippen molar-refractivity contribution in [3.63, 3.8) is 0 Å². The molecule has 63 heavy (non-hydrogen) atoms. The molecule has 0 saturated carbocycles. The van der Waals surface area contributed by atoms with E-state index in [4.69, 9.17) is 47.4 Å². The summed E-state index contributed by atoms with van der Waals surface area (Å²) in [5, 5.41) is 3.83. The first-order valence-corrected chi connectivity index (χ1v) is 19.8. The molecule has 2 heterocycles. The lowest BCUT2D eigenvalue weighted by molar-refractivity contribution is -0.314. The van der Waals surface area contributed by atoms with Crippen LogP contribution in [0.1, 0.15) is 50.5 Å². The quantitative estimate of drug-likeness (QED) is 0.0418. The van der Waals surface area contributed by atoms with Crippen LogP contribution in [0.15, 0.2) is 126 Å². The third-order valence-electron chi connectivity index (χ3n) is 9.80. The van der Waals surface area contributed by atoms with Gasteiger partial charge in [0.1, 0.15) is 18.2 Å². The van der Waals surface area contributed by atoms with E-state index in [0.717, 1.165) is 19.4 Å². The maximum absolute atomic E-state index is 13.8. The summed E-state index contributed by atoms with van der Waals surface area (Å²) in [5.74, 6) is -4.12. The molecule has 330 valence electrons. The van der Waals surface area contributed by atoms with Crippen LogP contribution in [0.5, 0.6) is 0 Å². The SMILES string of the molecule is CO[C@H]1O[C@H](CO[C@H]2O[C@H](COCc3ccccc3)[C@H](OC(C)=O)[C@H](OC(C)=O)[C@H]2N=[N+]=[N-])[C@@H](OC(=O)c2ccccc2)[C@H](OC(=O)c2ccccc2)[C@H]1OC(=O)c1ccccc1. The van der Waals surface area contributed by atoms with E-state index in [9.17, 15) is 29.5 Å². The minimum absolute atomic E-state index is 0.120. The number of hydrogen-bond acceptors (Lipinski definition) is 16. The zero-order valence-corrected chi connectivity index (χ0v) is 34.4. The molecule has 0 N–H and O–H groups in total. The van der Waals surface area contributed by atoms with Crippen molar-refractivity contribution in [2.75, 3.05) is 20.3 Å². The van der Waals surface area contributed by atoms with Gasteiger partial charge >= 0.3 is 29.8 Å². The van der Waals surface area contributed by atoms with Crippen molar-refractivity contribution in [2.24, 2.45) is 5.11 Å². The number of nitrogens with zero attached hydrogens (tertiary/aromatic N) is 3. The lowest BCUT2D eigenvalue weighted by Gasteiger charge is -2.46. The normalized spacial score (nSPS) is 25.3. The number of carbonyl (C=O) groups is 5. The lowest BCUT2D eigenvalue weighted by atomic mass is 9.96. The van der Waals surface area contributed by atoms with E-state index >= 15 is 0 Å². The van der Waals surface area contributed by atoms with Gasteiger partial charge in [-0.25, -0.2) is 14.4 Å². The summed E-state index contributed by atoms with van der Waals surface area (Å²) in [6.07, 6.45) is -13.1. The van der Waals surface area contributed by atoms with Gasteiger partial charge in [-0.2, -0.15) is 0 Å². The van der Waals surface area contributed by atoms with Crippen molar-refractivity contribution in [2.45, 2.75) is 81.8 Å². The molecule has 0 radical (unpaired) electrons. The molecule has 4 aromatic rings. The number of ether oxygens (including phenoxy) is 10. The van der Waals surface area contributed by atoms with Crippen molar-refractivity contribution < 1.29 is 71.3 Å². The summed E-state index contributed by atoms with van der Waals surface area (Å²) in [7, 11) is 1.26. The highest BCUT2D eigenvalue weighted by molar-refractivity contribution is 5.91. The molecular weight excluding hydrogens is 823 g/mol. The molecule has 4 aromatic carbocycles. The third-order valence-corrected chi connectivity index (χ3v) is 9.80. The van der Waals surface area contributed by atoms with Crippen molar-refractivity contribution in [1.29, 1.82) is 0 Å². The van der Waals surface area contributed by atoms with E-state index in [0.29, 0.717) is 0 Å². The third kappa shape index (κ3) is 12.3. The van der Waals surface area contributed by atoms with Gasteiger partial charge in [-0.05, 0) is 47.5 Å². The molecular formula is C45H45N3O15. The van der Waals surface area contributed by atoms with Crippen molar-refractivity contribution in [3.05, 3.63) is 154 Å². The van der Waals surface area contributed by atoms with Crippen LogP contribution >= 0.6 is 0 Å². The van der Waals surface area contributed by atoms with Crippen molar-refractivity contribution >= 4 is 29.8 Å². The smallest absolute Gasteiger partial charge is 0.338 e. The molecule has 0 spiro atoms. The van der Waals surface area contributed by atoms with E-state index in [1.807, 2.05) is 30.3 Å². The molecule has 2 aliphatic rings. The zero-order valence-electron chi connectivity index (χ0n) is 34.4. The number of methoxy groups -OCH3 is 1. The molecule has 2 fully saturated rings. The molecule has 0 amide bonds. The van der Waals surface area contributed by atoms with E-state index in [2.05, 4.69) is 10.0 Å². The minimum atomic E-state index is -1.60. The Hall–Kier alpha value is -6.66. The Kier molecular flexibility index (Phi) is 16.3. The largest absolute Gasteiger partial charge is 0.458 e. The number of carbonyl (C=O) groups excluding carboxylic acids is 5. The second-order valence-electron chi connectivity index (χ2n) is 14.2. The van der Waals surface area contributed by atoms with E-state index in [-0.39, 0.29) is 29.9 Å². The van der Waals surface area contributed by atoms with Crippen molar-refractivity contribution in [1.82, 2.24) is 0 Å². The van der Waals surface area contributed by atoms with Crippen LogP contribution in [-0.4, -0.2) is 112 Å². The van der Waals surface area contributed by atoms with Gasteiger partial charge in [0.15, 0.2) is 43.1 Å². The number of esters is 5. The summed E-state index contributed by atoms with van der Waals surface area (Å²) in [5.41, 5.74) is 10.9. The fourth-order valence-corrected chi connectivity index (χ4v) is 6.96. The molecule has 2 aliphatic heterocycles. The Morgan fingerprint density at radius 2 is 0.984 bits per heavy atom. The molecule has 18 nitrogen and oxygen atoms in total. The molecule has 2 saturated heterocycles. The summed E-state index contributed by atoms with van der Waals surface area (Å²) in [4.78, 5) is 69.0. The van der Waals surface area contributed by atoms with Gasteiger partial charge < -0.3 is 47.4 Å². The van der Waals surface area contributed by atoms with E-state index in [1.54, 1.807) is 54.6 Å². The molecule has 18 heteroatoms.